The molecule has 0 aliphatic rings. The topological polar surface area (TPSA) is 42.6 Å². The third kappa shape index (κ3) is 2.88. The molecule has 1 aromatic carbocycles. The second-order valence-electron chi connectivity index (χ2n) is 4.35. The molecule has 0 saturated heterocycles. The van der Waals surface area contributed by atoms with Crippen molar-refractivity contribution in [2.75, 3.05) is 7.11 Å². The molecule has 0 saturated carbocycles. The lowest BCUT2D eigenvalue weighted by Crippen LogP contribution is -2.02. The Balaban J connectivity index is 2.44. The van der Waals surface area contributed by atoms with E-state index in [1.807, 2.05) is 26.0 Å². The molecule has 1 N–H and O–H groups in total. The van der Waals surface area contributed by atoms with E-state index >= 15 is 0 Å². The number of halogens is 2. The van der Waals surface area contributed by atoms with E-state index in [1.54, 1.807) is 13.2 Å². The fraction of sp³-hybridized carbons (Fsp3) is 0.286. The first-order chi connectivity index (χ1) is 8.93. The van der Waals surface area contributed by atoms with Gasteiger partial charge in [-0.15, -0.1) is 0 Å². The van der Waals surface area contributed by atoms with Crippen molar-refractivity contribution in [1.82, 2.24) is 0 Å². The molecule has 5 heteroatoms. The van der Waals surface area contributed by atoms with Gasteiger partial charge in [0.1, 0.15) is 17.6 Å². The highest BCUT2D eigenvalue weighted by Crippen LogP contribution is 2.35. The molecule has 0 spiro atoms. The Kier molecular flexibility index (Phi) is 4.38. The third-order valence-corrected chi connectivity index (χ3v) is 4.72. The van der Waals surface area contributed by atoms with Crippen LogP contribution in [0.1, 0.15) is 28.6 Å². The van der Waals surface area contributed by atoms with Crippen molar-refractivity contribution in [2.45, 2.75) is 20.0 Å². The molecule has 0 aliphatic carbocycles. The molecule has 0 radical (unpaired) electrons. The molecule has 1 heterocycles. The summed E-state index contributed by atoms with van der Waals surface area (Å²) in [4.78, 5) is 0. The van der Waals surface area contributed by atoms with E-state index in [4.69, 9.17) is 9.15 Å². The Morgan fingerprint density at radius 1 is 1.16 bits per heavy atom. The summed E-state index contributed by atoms with van der Waals surface area (Å²) in [5.74, 6) is 1.31. The molecule has 1 atom stereocenters. The fourth-order valence-electron chi connectivity index (χ4n) is 1.98. The van der Waals surface area contributed by atoms with Gasteiger partial charge >= 0.3 is 0 Å². The molecule has 0 aliphatic heterocycles. The van der Waals surface area contributed by atoms with E-state index in [0.717, 1.165) is 26.9 Å². The van der Waals surface area contributed by atoms with E-state index in [1.165, 1.54) is 0 Å². The Bertz CT molecular complexity index is 585. The highest BCUT2D eigenvalue weighted by atomic mass is 79.9. The quantitative estimate of drug-likeness (QED) is 0.839. The van der Waals surface area contributed by atoms with Crippen molar-refractivity contribution >= 4 is 31.9 Å². The van der Waals surface area contributed by atoms with E-state index in [-0.39, 0.29) is 0 Å². The van der Waals surface area contributed by atoms with E-state index in [9.17, 15) is 5.11 Å². The van der Waals surface area contributed by atoms with Crippen molar-refractivity contribution in [3.8, 4) is 5.75 Å². The van der Waals surface area contributed by atoms with Crippen molar-refractivity contribution in [3.05, 3.63) is 49.8 Å². The molecule has 3 nitrogen and oxygen atoms in total. The number of rotatable bonds is 3. The maximum Gasteiger partial charge on any atom is 0.183 e. The molecule has 1 aromatic heterocycles. The van der Waals surface area contributed by atoms with Gasteiger partial charge < -0.3 is 14.3 Å². The molecule has 19 heavy (non-hydrogen) atoms. The van der Waals surface area contributed by atoms with Crippen LogP contribution in [-0.4, -0.2) is 12.2 Å². The molecule has 0 amide bonds. The van der Waals surface area contributed by atoms with Crippen LogP contribution in [0.15, 0.2) is 31.8 Å². The number of hydrogen-bond donors (Lipinski definition) is 1. The van der Waals surface area contributed by atoms with Crippen molar-refractivity contribution in [2.24, 2.45) is 0 Å². The summed E-state index contributed by atoms with van der Waals surface area (Å²) in [5, 5.41) is 10.4. The molecule has 102 valence electrons. The van der Waals surface area contributed by atoms with Crippen LogP contribution >= 0.6 is 31.9 Å². The minimum absolute atomic E-state index is 0.492. The summed E-state index contributed by atoms with van der Waals surface area (Å²) >= 11 is 6.61. The summed E-state index contributed by atoms with van der Waals surface area (Å²) in [5.41, 5.74) is 2.75. The smallest absolute Gasteiger partial charge is 0.183 e. The number of furan rings is 1. The maximum atomic E-state index is 10.4. The number of aliphatic hydroxyl groups excluding tert-OH is 1. The zero-order valence-corrected chi connectivity index (χ0v) is 14.0. The Morgan fingerprint density at radius 3 is 2.37 bits per heavy atom. The molecular weight excluding hydrogens is 376 g/mol. The number of aliphatic hydroxyl groups is 1. The molecule has 1 unspecified atom stereocenters. The van der Waals surface area contributed by atoms with Gasteiger partial charge in [0.05, 0.1) is 11.6 Å². The van der Waals surface area contributed by atoms with Gasteiger partial charge in [-0.1, -0.05) is 0 Å². The lowest BCUT2D eigenvalue weighted by Gasteiger charge is -2.14. The summed E-state index contributed by atoms with van der Waals surface area (Å²) in [7, 11) is 1.64. The average molecular weight is 390 g/mol. The highest BCUT2D eigenvalue weighted by Gasteiger charge is 2.20. The maximum absolute atomic E-state index is 10.4. The Morgan fingerprint density at radius 2 is 1.84 bits per heavy atom. The lowest BCUT2D eigenvalue weighted by molar-refractivity contribution is 0.187. The van der Waals surface area contributed by atoms with E-state index < -0.39 is 6.10 Å². The predicted octanol–water partition coefficient (Wildman–Crippen LogP) is 4.51. The van der Waals surface area contributed by atoms with Gasteiger partial charge in [0.15, 0.2) is 4.67 Å². The normalized spacial score (nSPS) is 12.5. The van der Waals surface area contributed by atoms with Crippen LogP contribution in [0.25, 0.3) is 0 Å². The first-order valence-electron chi connectivity index (χ1n) is 5.72. The average Bonchev–Trinajstić information content (AvgIpc) is 2.71. The van der Waals surface area contributed by atoms with E-state index in [0.29, 0.717) is 10.4 Å². The fourth-order valence-corrected chi connectivity index (χ4v) is 2.59. The number of hydrogen-bond acceptors (Lipinski definition) is 3. The van der Waals surface area contributed by atoms with Gasteiger partial charge in [-0.05, 0) is 80.6 Å². The number of methoxy groups -OCH3 is 1. The number of aryl methyl sites for hydroxylation is 2. The molecule has 2 rings (SSSR count). The van der Waals surface area contributed by atoms with Gasteiger partial charge in [0.25, 0.3) is 0 Å². The van der Waals surface area contributed by atoms with Crippen LogP contribution in [0.2, 0.25) is 0 Å². The van der Waals surface area contributed by atoms with Gasteiger partial charge in [0.2, 0.25) is 0 Å². The van der Waals surface area contributed by atoms with Crippen LogP contribution in [0.4, 0.5) is 0 Å². The van der Waals surface area contributed by atoms with Gasteiger partial charge in [0, 0.05) is 0 Å². The minimum Gasteiger partial charge on any atom is -0.496 e. The number of benzene rings is 1. The highest BCUT2D eigenvalue weighted by molar-refractivity contribution is 9.13. The Hall–Kier alpha value is -0.780. The third-order valence-electron chi connectivity index (χ3n) is 3.01. The van der Waals surface area contributed by atoms with Crippen molar-refractivity contribution in [1.29, 1.82) is 0 Å². The van der Waals surface area contributed by atoms with Gasteiger partial charge in [-0.2, -0.15) is 0 Å². The lowest BCUT2D eigenvalue weighted by atomic mass is 9.98. The second kappa shape index (κ2) is 5.69. The summed E-state index contributed by atoms with van der Waals surface area (Å²) in [6, 6.07) is 5.60. The molecule has 2 aromatic rings. The minimum atomic E-state index is -0.799. The number of ether oxygens (including phenoxy) is 1. The second-order valence-corrected chi connectivity index (χ2v) is 5.93. The first kappa shape index (κ1) is 14.6. The van der Waals surface area contributed by atoms with Crippen LogP contribution in [0, 0.1) is 13.8 Å². The molecule has 0 fully saturated rings. The Labute approximate surface area is 128 Å². The SMILES string of the molecule is COc1cc(C)c(C(O)c2cc(Br)c(Br)o2)cc1C. The first-order valence-corrected chi connectivity index (χ1v) is 7.30. The van der Waals surface area contributed by atoms with Crippen molar-refractivity contribution < 1.29 is 14.3 Å². The van der Waals surface area contributed by atoms with Crippen molar-refractivity contribution in [3.63, 3.8) is 0 Å². The van der Waals surface area contributed by atoms with E-state index in [2.05, 4.69) is 31.9 Å². The zero-order chi connectivity index (χ0) is 14.2. The standard InChI is InChI=1S/C14H14Br2O3/c1-7-5-11(18-3)8(2)4-9(7)13(17)12-6-10(15)14(16)19-12/h4-6,13,17H,1-3H3. The van der Waals surface area contributed by atoms with Crippen LogP contribution in [0.5, 0.6) is 5.75 Å². The summed E-state index contributed by atoms with van der Waals surface area (Å²) < 4.78 is 12.1. The predicted molar refractivity (Wildman–Crippen MR) is 80.6 cm³/mol. The summed E-state index contributed by atoms with van der Waals surface area (Å²) in [6.45, 7) is 3.88. The van der Waals surface area contributed by atoms with Gasteiger partial charge in [-0.3, -0.25) is 0 Å². The van der Waals surface area contributed by atoms with Crippen LogP contribution < -0.4 is 4.74 Å². The largest absolute Gasteiger partial charge is 0.496 e. The summed E-state index contributed by atoms with van der Waals surface area (Å²) in [6.07, 6.45) is -0.799. The monoisotopic (exact) mass is 388 g/mol. The van der Waals surface area contributed by atoms with Crippen LogP contribution in [-0.2, 0) is 0 Å². The molecule has 0 bridgehead atoms. The molecular formula is C14H14Br2O3. The van der Waals surface area contributed by atoms with Crippen LogP contribution in [0.3, 0.4) is 0 Å². The van der Waals surface area contributed by atoms with Gasteiger partial charge in [-0.25, -0.2) is 0 Å². The zero-order valence-electron chi connectivity index (χ0n) is 10.8.